The average Bonchev–Trinajstić information content (AvgIpc) is 2.14. The van der Waals surface area contributed by atoms with Crippen molar-refractivity contribution in [3.05, 3.63) is 27.8 Å². The molecular formula is C10H14ClNO2. The zero-order valence-electron chi connectivity index (χ0n) is 8.52. The first-order chi connectivity index (χ1) is 6.61. The molecule has 0 bridgehead atoms. The first kappa shape index (κ1) is 11.3. The standard InChI is InChI=1S/C10H14ClNO2/c1-6-4-7(2)10(14-3)8(5-12-13)9(6)11/h4,12-13H,5H2,1-3H3. The topological polar surface area (TPSA) is 41.5 Å². The quantitative estimate of drug-likeness (QED) is 0.762. The predicted octanol–water partition coefficient (Wildman–Crippen LogP) is 2.44. The highest BCUT2D eigenvalue weighted by Crippen LogP contribution is 2.32. The maximum absolute atomic E-state index is 8.68. The molecule has 0 heterocycles. The Morgan fingerprint density at radius 2 is 2.07 bits per heavy atom. The number of aryl methyl sites for hydroxylation is 2. The molecule has 0 atom stereocenters. The summed E-state index contributed by atoms with van der Waals surface area (Å²) in [6.45, 7) is 4.16. The highest BCUT2D eigenvalue weighted by Gasteiger charge is 2.12. The van der Waals surface area contributed by atoms with Crippen LogP contribution in [0.5, 0.6) is 5.75 Å². The van der Waals surface area contributed by atoms with E-state index in [4.69, 9.17) is 21.5 Å². The lowest BCUT2D eigenvalue weighted by Crippen LogP contribution is -2.09. The molecule has 0 aliphatic heterocycles. The van der Waals surface area contributed by atoms with E-state index in [0.29, 0.717) is 5.02 Å². The van der Waals surface area contributed by atoms with Crippen molar-refractivity contribution in [2.45, 2.75) is 20.4 Å². The molecule has 3 nitrogen and oxygen atoms in total. The van der Waals surface area contributed by atoms with Crippen molar-refractivity contribution >= 4 is 11.6 Å². The molecule has 0 amide bonds. The molecule has 1 aromatic rings. The Morgan fingerprint density at radius 3 is 2.57 bits per heavy atom. The number of hydroxylamine groups is 1. The van der Waals surface area contributed by atoms with E-state index >= 15 is 0 Å². The monoisotopic (exact) mass is 215 g/mol. The highest BCUT2D eigenvalue weighted by atomic mass is 35.5. The summed E-state index contributed by atoms with van der Waals surface area (Å²) in [4.78, 5) is 0. The molecule has 1 rings (SSSR count). The van der Waals surface area contributed by atoms with E-state index in [0.717, 1.165) is 22.4 Å². The summed E-state index contributed by atoms with van der Waals surface area (Å²) in [5.74, 6) is 0.724. The molecule has 0 aliphatic carbocycles. The minimum Gasteiger partial charge on any atom is -0.496 e. The third-order valence-corrected chi connectivity index (χ3v) is 2.66. The van der Waals surface area contributed by atoms with E-state index in [-0.39, 0.29) is 6.54 Å². The Morgan fingerprint density at radius 1 is 1.43 bits per heavy atom. The SMILES string of the molecule is COc1c(C)cc(C)c(Cl)c1CNO. The first-order valence-corrected chi connectivity index (χ1v) is 4.69. The number of benzene rings is 1. The van der Waals surface area contributed by atoms with Gasteiger partial charge in [-0.25, -0.2) is 5.48 Å². The summed E-state index contributed by atoms with van der Waals surface area (Å²) in [7, 11) is 1.59. The number of hydrogen-bond acceptors (Lipinski definition) is 3. The van der Waals surface area contributed by atoms with Crippen LogP contribution in [0.3, 0.4) is 0 Å². The molecule has 0 aliphatic rings. The van der Waals surface area contributed by atoms with Gasteiger partial charge in [-0.2, -0.15) is 0 Å². The second-order valence-electron chi connectivity index (χ2n) is 3.17. The van der Waals surface area contributed by atoms with Gasteiger partial charge in [-0.1, -0.05) is 17.7 Å². The lowest BCUT2D eigenvalue weighted by molar-refractivity contribution is 0.160. The molecule has 0 saturated heterocycles. The predicted molar refractivity (Wildman–Crippen MR) is 56.1 cm³/mol. The zero-order valence-corrected chi connectivity index (χ0v) is 9.27. The fourth-order valence-corrected chi connectivity index (χ4v) is 1.76. The van der Waals surface area contributed by atoms with Gasteiger partial charge in [0.15, 0.2) is 0 Å². The third-order valence-electron chi connectivity index (χ3n) is 2.14. The van der Waals surface area contributed by atoms with Gasteiger partial charge in [-0.3, -0.25) is 0 Å². The van der Waals surface area contributed by atoms with Gasteiger partial charge in [-0.05, 0) is 25.0 Å². The van der Waals surface area contributed by atoms with E-state index in [9.17, 15) is 0 Å². The van der Waals surface area contributed by atoms with Gasteiger partial charge in [0.2, 0.25) is 0 Å². The lowest BCUT2D eigenvalue weighted by atomic mass is 10.1. The second kappa shape index (κ2) is 4.64. The Bertz CT molecular complexity index is 339. The molecule has 0 saturated carbocycles. The third kappa shape index (κ3) is 2.00. The van der Waals surface area contributed by atoms with E-state index in [1.54, 1.807) is 7.11 Å². The molecule has 0 unspecified atom stereocenters. The van der Waals surface area contributed by atoms with Crippen LogP contribution >= 0.6 is 11.6 Å². The Balaban J connectivity index is 3.32. The molecular weight excluding hydrogens is 202 g/mol. The number of rotatable bonds is 3. The molecule has 78 valence electrons. The fraction of sp³-hybridized carbons (Fsp3) is 0.400. The molecule has 1 aromatic carbocycles. The van der Waals surface area contributed by atoms with Crippen LogP contribution < -0.4 is 10.2 Å². The Kier molecular flexibility index (Phi) is 3.75. The number of halogens is 1. The van der Waals surface area contributed by atoms with Crippen molar-refractivity contribution in [2.75, 3.05) is 7.11 Å². The van der Waals surface area contributed by atoms with Crippen molar-refractivity contribution in [2.24, 2.45) is 0 Å². The molecule has 0 aromatic heterocycles. The van der Waals surface area contributed by atoms with Gasteiger partial charge >= 0.3 is 0 Å². The van der Waals surface area contributed by atoms with E-state index in [1.165, 1.54) is 0 Å². The minimum absolute atomic E-state index is 0.282. The summed E-state index contributed by atoms with van der Waals surface area (Å²) in [6, 6.07) is 1.96. The van der Waals surface area contributed by atoms with Crippen LogP contribution in [0.2, 0.25) is 5.02 Å². The average molecular weight is 216 g/mol. The van der Waals surface area contributed by atoms with Crippen LogP contribution in [0.25, 0.3) is 0 Å². The van der Waals surface area contributed by atoms with Crippen molar-refractivity contribution in [3.8, 4) is 5.75 Å². The van der Waals surface area contributed by atoms with E-state index < -0.39 is 0 Å². The molecule has 4 heteroatoms. The van der Waals surface area contributed by atoms with Crippen molar-refractivity contribution < 1.29 is 9.94 Å². The maximum Gasteiger partial charge on any atom is 0.127 e. The van der Waals surface area contributed by atoms with Crippen molar-refractivity contribution in [1.82, 2.24) is 5.48 Å². The molecule has 2 N–H and O–H groups in total. The van der Waals surface area contributed by atoms with Gasteiger partial charge in [0.25, 0.3) is 0 Å². The summed E-state index contributed by atoms with van der Waals surface area (Å²) < 4.78 is 5.23. The van der Waals surface area contributed by atoms with Crippen molar-refractivity contribution in [3.63, 3.8) is 0 Å². The molecule has 14 heavy (non-hydrogen) atoms. The van der Waals surface area contributed by atoms with Crippen LogP contribution in [-0.2, 0) is 6.54 Å². The van der Waals surface area contributed by atoms with Crippen LogP contribution in [-0.4, -0.2) is 12.3 Å². The van der Waals surface area contributed by atoms with Crippen LogP contribution in [0.15, 0.2) is 6.07 Å². The first-order valence-electron chi connectivity index (χ1n) is 4.31. The van der Waals surface area contributed by atoms with Gasteiger partial charge in [-0.15, -0.1) is 0 Å². The lowest BCUT2D eigenvalue weighted by Gasteiger charge is -2.14. The summed E-state index contributed by atoms with van der Waals surface area (Å²) in [5.41, 5.74) is 4.87. The van der Waals surface area contributed by atoms with Crippen LogP contribution in [0, 0.1) is 13.8 Å². The summed E-state index contributed by atoms with van der Waals surface area (Å²) >= 11 is 6.10. The van der Waals surface area contributed by atoms with Crippen molar-refractivity contribution in [1.29, 1.82) is 0 Å². The Labute approximate surface area is 88.6 Å². The number of ether oxygens (including phenoxy) is 1. The minimum atomic E-state index is 0.282. The van der Waals surface area contributed by atoms with Gasteiger partial charge in [0, 0.05) is 5.56 Å². The van der Waals surface area contributed by atoms with E-state index in [1.807, 2.05) is 19.9 Å². The normalized spacial score (nSPS) is 10.4. The molecule has 0 fully saturated rings. The van der Waals surface area contributed by atoms with Gasteiger partial charge < -0.3 is 9.94 Å². The number of methoxy groups -OCH3 is 1. The zero-order chi connectivity index (χ0) is 10.7. The Hall–Kier alpha value is -0.770. The van der Waals surface area contributed by atoms with Gasteiger partial charge in [0.1, 0.15) is 5.75 Å². The maximum atomic E-state index is 8.68. The summed E-state index contributed by atoms with van der Waals surface area (Å²) in [6.07, 6.45) is 0. The van der Waals surface area contributed by atoms with E-state index in [2.05, 4.69) is 5.48 Å². The number of nitrogens with one attached hydrogen (secondary N) is 1. The van der Waals surface area contributed by atoms with Crippen LogP contribution in [0.4, 0.5) is 0 Å². The fourth-order valence-electron chi connectivity index (χ4n) is 1.55. The largest absolute Gasteiger partial charge is 0.496 e. The molecule has 0 radical (unpaired) electrons. The number of hydrogen-bond donors (Lipinski definition) is 2. The molecule has 0 spiro atoms. The summed E-state index contributed by atoms with van der Waals surface area (Å²) in [5, 5.41) is 9.32. The van der Waals surface area contributed by atoms with Gasteiger partial charge in [0.05, 0.1) is 18.7 Å². The van der Waals surface area contributed by atoms with Crippen LogP contribution in [0.1, 0.15) is 16.7 Å². The second-order valence-corrected chi connectivity index (χ2v) is 3.55. The smallest absolute Gasteiger partial charge is 0.127 e. The highest BCUT2D eigenvalue weighted by molar-refractivity contribution is 6.32.